The van der Waals surface area contributed by atoms with Crippen LogP contribution >= 0.6 is 0 Å². The minimum Gasteiger partial charge on any atom is -0.492 e. The Labute approximate surface area is 189 Å². The molecular formula is C25H31N5O2. The SMILES string of the molecule is Cc1nnc(C2CN(Cc3cccnc3)CC23CCN(CCOc2ccccc2)CC3)o1. The van der Waals surface area contributed by atoms with E-state index in [1.54, 1.807) is 0 Å². The summed E-state index contributed by atoms with van der Waals surface area (Å²) in [4.78, 5) is 9.34. The van der Waals surface area contributed by atoms with Crippen LogP contribution in [-0.2, 0) is 6.54 Å². The molecule has 1 aromatic carbocycles. The fourth-order valence-electron chi connectivity index (χ4n) is 5.27. The Morgan fingerprint density at radius 3 is 2.62 bits per heavy atom. The minimum absolute atomic E-state index is 0.179. The zero-order valence-electron chi connectivity index (χ0n) is 18.7. The number of likely N-dealkylation sites (tertiary alicyclic amines) is 2. The number of hydrogen-bond donors (Lipinski definition) is 0. The Morgan fingerprint density at radius 2 is 1.91 bits per heavy atom. The van der Waals surface area contributed by atoms with Gasteiger partial charge in [0.25, 0.3) is 0 Å². The molecular weight excluding hydrogens is 402 g/mol. The van der Waals surface area contributed by atoms with Crippen LogP contribution in [-0.4, -0.2) is 64.3 Å². The highest BCUT2D eigenvalue weighted by atomic mass is 16.5. The van der Waals surface area contributed by atoms with Crippen molar-refractivity contribution in [1.82, 2.24) is 25.0 Å². The summed E-state index contributed by atoms with van der Waals surface area (Å²) in [6.07, 6.45) is 6.06. The maximum absolute atomic E-state index is 5.94. The van der Waals surface area contributed by atoms with Gasteiger partial charge in [0.15, 0.2) is 0 Å². The monoisotopic (exact) mass is 433 g/mol. The first-order valence-corrected chi connectivity index (χ1v) is 11.5. The van der Waals surface area contributed by atoms with E-state index in [0.717, 1.165) is 70.4 Å². The molecule has 4 heterocycles. The van der Waals surface area contributed by atoms with Crippen LogP contribution in [0, 0.1) is 12.3 Å². The van der Waals surface area contributed by atoms with Crippen LogP contribution < -0.4 is 4.74 Å². The molecule has 0 amide bonds. The molecule has 32 heavy (non-hydrogen) atoms. The van der Waals surface area contributed by atoms with Crippen LogP contribution in [0.4, 0.5) is 0 Å². The Morgan fingerprint density at radius 1 is 1.06 bits per heavy atom. The van der Waals surface area contributed by atoms with Gasteiger partial charge in [-0.05, 0) is 55.1 Å². The molecule has 1 spiro atoms. The predicted octanol–water partition coefficient (Wildman–Crippen LogP) is 3.53. The van der Waals surface area contributed by atoms with Crippen molar-refractivity contribution in [1.29, 1.82) is 0 Å². The molecule has 1 atom stereocenters. The van der Waals surface area contributed by atoms with Crippen LogP contribution in [0.5, 0.6) is 5.75 Å². The third-order valence-corrected chi connectivity index (χ3v) is 6.96. The van der Waals surface area contributed by atoms with Gasteiger partial charge in [0.2, 0.25) is 11.8 Å². The Balaban J connectivity index is 1.23. The molecule has 5 rings (SSSR count). The normalized spacial score (nSPS) is 21.2. The van der Waals surface area contributed by atoms with Crippen LogP contribution in [0.2, 0.25) is 0 Å². The third-order valence-electron chi connectivity index (χ3n) is 6.96. The van der Waals surface area contributed by atoms with Crippen molar-refractivity contribution in [2.75, 3.05) is 39.3 Å². The van der Waals surface area contributed by atoms with Crippen LogP contribution in [0.3, 0.4) is 0 Å². The summed E-state index contributed by atoms with van der Waals surface area (Å²) in [5.74, 6) is 2.67. The van der Waals surface area contributed by atoms with Gasteiger partial charge in [-0.25, -0.2) is 0 Å². The van der Waals surface area contributed by atoms with E-state index >= 15 is 0 Å². The fraction of sp³-hybridized carbons (Fsp3) is 0.480. The number of aromatic nitrogens is 3. The number of aryl methyl sites for hydroxylation is 1. The van der Waals surface area contributed by atoms with E-state index in [9.17, 15) is 0 Å². The van der Waals surface area contributed by atoms with E-state index in [1.807, 2.05) is 55.7 Å². The second-order valence-corrected chi connectivity index (χ2v) is 9.11. The maximum Gasteiger partial charge on any atom is 0.221 e. The molecule has 0 aliphatic carbocycles. The molecule has 2 aromatic heterocycles. The van der Waals surface area contributed by atoms with Gasteiger partial charge in [-0.2, -0.15) is 0 Å². The third kappa shape index (κ3) is 4.69. The number of rotatable bonds is 7. The van der Waals surface area contributed by atoms with Gasteiger partial charge < -0.3 is 9.15 Å². The standard InChI is InChI=1S/C25H31N5O2/c1-20-27-28-24(32-20)23-18-30(17-21-6-5-11-26-16-21)19-25(23)9-12-29(13-10-25)14-15-31-22-7-3-2-4-8-22/h2-8,11,16,23H,9-10,12-15,17-19H2,1H3. The molecule has 168 valence electrons. The maximum atomic E-state index is 5.94. The van der Waals surface area contributed by atoms with E-state index in [1.165, 1.54) is 5.56 Å². The van der Waals surface area contributed by atoms with E-state index in [-0.39, 0.29) is 11.3 Å². The lowest BCUT2D eigenvalue weighted by molar-refractivity contribution is 0.0801. The lowest BCUT2D eigenvalue weighted by Gasteiger charge is -2.41. The first-order valence-electron chi connectivity index (χ1n) is 11.5. The van der Waals surface area contributed by atoms with Crippen molar-refractivity contribution in [2.24, 2.45) is 5.41 Å². The first kappa shape index (κ1) is 21.1. The number of pyridine rings is 1. The number of nitrogens with zero attached hydrogens (tertiary/aromatic N) is 5. The highest BCUT2D eigenvalue weighted by Gasteiger charge is 2.50. The Kier molecular flexibility index (Phi) is 6.19. The summed E-state index contributed by atoms with van der Waals surface area (Å²) in [7, 11) is 0. The van der Waals surface area contributed by atoms with Gasteiger partial charge in [-0.1, -0.05) is 24.3 Å². The van der Waals surface area contributed by atoms with E-state index in [0.29, 0.717) is 5.89 Å². The van der Waals surface area contributed by atoms with Gasteiger partial charge in [0.1, 0.15) is 12.4 Å². The van der Waals surface area contributed by atoms with Gasteiger partial charge >= 0.3 is 0 Å². The van der Waals surface area contributed by atoms with Crippen LogP contribution in [0.25, 0.3) is 0 Å². The molecule has 0 N–H and O–H groups in total. The minimum atomic E-state index is 0.179. The first-order chi connectivity index (χ1) is 15.7. The number of piperidine rings is 1. The van der Waals surface area contributed by atoms with Gasteiger partial charge in [-0.15, -0.1) is 10.2 Å². The molecule has 7 heteroatoms. The molecule has 2 aliphatic heterocycles. The number of ether oxygens (including phenoxy) is 1. The molecule has 3 aromatic rings. The quantitative estimate of drug-likeness (QED) is 0.565. The molecule has 1 unspecified atom stereocenters. The highest BCUT2D eigenvalue weighted by Crippen LogP contribution is 2.49. The molecule has 2 aliphatic rings. The average molecular weight is 434 g/mol. The lowest BCUT2D eigenvalue weighted by atomic mass is 9.70. The molecule has 2 fully saturated rings. The lowest BCUT2D eigenvalue weighted by Crippen LogP contribution is -2.44. The largest absolute Gasteiger partial charge is 0.492 e. The van der Waals surface area contributed by atoms with E-state index < -0.39 is 0 Å². The summed E-state index contributed by atoms with van der Waals surface area (Å²) in [6.45, 7) is 8.61. The van der Waals surface area contributed by atoms with Crippen molar-refractivity contribution < 1.29 is 9.15 Å². The van der Waals surface area contributed by atoms with Crippen LogP contribution in [0.1, 0.15) is 36.1 Å². The van der Waals surface area contributed by atoms with E-state index in [2.05, 4.69) is 31.0 Å². The molecule has 0 radical (unpaired) electrons. The second kappa shape index (κ2) is 9.38. The number of benzene rings is 1. The fourth-order valence-corrected chi connectivity index (χ4v) is 5.27. The van der Waals surface area contributed by atoms with Crippen molar-refractivity contribution >= 4 is 0 Å². The van der Waals surface area contributed by atoms with Gasteiger partial charge in [0.05, 0.1) is 5.92 Å². The average Bonchev–Trinajstić information content (AvgIpc) is 3.40. The molecule has 0 bridgehead atoms. The summed E-state index contributed by atoms with van der Waals surface area (Å²) in [5, 5.41) is 8.56. The molecule has 2 saturated heterocycles. The number of hydrogen-bond acceptors (Lipinski definition) is 7. The summed E-state index contributed by atoms with van der Waals surface area (Å²) in [5.41, 5.74) is 1.43. The second-order valence-electron chi connectivity index (χ2n) is 9.11. The molecule has 0 saturated carbocycles. The van der Waals surface area contributed by atoms with Gasteiger partial charge in [-0.3, -0.25) is 14.8 Å². The zero-order valence-corrected chi connectivity index (χ0v) is 18.7. The topological polar surface area (TPSA) is 67.5 Å². The zero-order chi connectivity index (χ0) is 21.8. The molecule has 7 nitrogen and oxygen atoms in total. The predicted molar refractivity (Wildman–Crippen MR) is 121 cm³/mol. The Bertz CT molecular complexity index is 986. The van der Waals surface area contributed by atoms with Crippen molar-refractivity contribution in [2.45, 2.75) is 32.2 Å². The van der Waals surface area contributed by atoms with Crippen molar-refractivity contribution in [3.8, 4) is 5.75 Å². The van der Waals surface area contributed by atoms with Crippen molar-refractivity contribution in [3.63, 3.8) is 0 Å². The van der Waals surface area contributed by atoms with Crippen LogP contribution in [0.15, 0.2) is 59.3 Å². The smallest absolute Gasteiger partial charge is 0.221 e. The summed E-state index contributed by atoms with van der Waals surface area (Å²) >= 11 is 0. The van der Waals surface area contributed by atoms with E-state index in [4.69, 9.17) is 9.15 Å². The van der Waals surface area contributed by atoms with Gasteiger partial charge in [0, 0.05) is 45.5 Å². The van der Waals surface area contributed by atoms with Crippen molar-refractivity contribution in [3.05, 3.63) is 72.2 Å². The summed E-state index contributed by atoms with van der Waals surface area (Å²) in [6, 6.07) is 14.2. The summed E-state index contributed by atoms with van der Waals surface area (Å²) < 4.78 is 11.9. The Hall–Kier alpha value is -2.77. The number of para-hydroxylation sites is 1. The highest BCUT2D eigenvalue weighted by molar-refractivity contribution is 5.21.